The summed E-state index contributed by atoms with van der Waals surface area (Å²) in [5, 5.41) is 3.36. The molecular weight excluding hydrogens is 258 g/mol. The number of nitrogens with one attached hydrogen (secondary N) is 1. The fourth-order valence-electron chi connectivity index (χ4n) is 2.63. The molecule has 3 nitrogen and oxygen atoms in total. The Morgan fingerprint density at radius 2 is 1.62 bits per heavy atom. The van der Waals surface area contributed by atoms with Crippen LogP contribution in [0.5, 0.6) is 0 Å². The van der Waals surface area contributed by atoms with E-state index < -0.39 is 0 Å². The maximum absolute atomic E-state index is 4.81. The molecule has 0 bridgehead atoms. The van der Waals surface area contributed by atoms with Crippen LogP contribution in [0.4, 0.5) is 5.82 Å². The summed E-state index contributed by atoms with van der Waals surface area (Å²) in [6.45, 7) is 11.5. The molecule has 0 aliphatic heterocycles. The number of aryl methyl sites for hydroxylation is 3. The normalized spacial score (nSPS) is 10.7. The van der Waals surface area contributed by atoms with Gasteiger partial charge >= 0.3 is 0 Å². The van der Waals surface area contributed by atoms with Gasteiger partial charge in [-0.15, -0.1) is 0 Å². The van der Waals surface area contributed by atoms with Crippen LogP contribution in [0.15, 0.2) is 18.2 Å². The van der Waals surface area contributed by atoms with Gasteiger partial charge < -0.3 is 5.32 Å². The van der Waals surface area contributed by atoms with Crippen LogP contribution in [0, 0.1) is 20.8 Å². The maximum atomic E-state index is 4.81. The molecular formula is C18H25N3. The standard InChI is InChI=1S/C18H25N3/c1-6-8-16-20-17(14(5)18(21-16)19-7-2)15-10-12(3)9-13(4)11-15/h9-11H,6-8H2,1-5H3,(H,19,20,21). The van der Waals surface area contributed by atoms with Crippen molar-refractivity contribution in [2.45, 2.75) is 47.5 Å². The molecule has 1 aromatic carbocycles. The number of nitrogens with zero attached hydrogens (tertiary/aromatic N) is 2. The van der Waals surface area contributed by atoms with E-state index in [1.165, 1.54) is 16.7 Å². The lowest BCUT2D eigenvalue weighted by molar-refractivity contribution is 0.833. The second-order valence-electron chi connectivity index (χ2n) is 5.62. The zero-order valence-corrected chi connectivity index (χ0v) is 13.7. The van der Waals surface area contributed by atoms with Crippen molar-refractivity contribution in [3.05, 3.63) is 40.7 Å². The highest BCUT2D eigenvalue weighted by atomic mass is 15.0. The van der Waals surface area contributed by atoms with Crippen molar-refractivity contribution < 1.29 is 0 Å². The third-order valence-corrected chi connectivity index (χ3v) is 3.51. The van der Waals surface area contributed by atoms with Crippen molar-refractivity contribution in [3.8, 4) is 11.3 Å². The zero-order valence-electron chi connectivity index (χ0n) is 13.7. The molecule has 0 saturated carbocycles. The monoisotopic (exact) mass is 283 g/mol. The molecule has 0 unspecified atom stereocenters. The predicted octanol–water partition coefficient (Wildman–Crippen LogP) is 4.45. The molecule has 3 heteroatoms. The van der Waals surface area contributed by atoms with Crippen molar-refractivity contribution in [2.24, 2.45) is 0 Å². The second-order valence-corrected chi connectivity index (χ2v) is 5.62. The molecule has 1 aromatic heterocycles. The van der Waals surface area contributed by atoms with Crippen molar-refractivity contribution >= 4 is 5.82 Å². The highest BCUT2D eigenvalue weighted by molar-refractivity contribution is 5.69. The first kappa shape index (κ1) is 15.5. The van der Waals surface area contributed by atoms with Gasteiger partial charge in [-0.25, -0.2) is 9.97 Å². The number of aromatic nitrogens is 2. The van der Waals surface area contributed by atoms with Crippen LogP contribution < -0.4 is 5.32 Å². The van der Waals surface area contributed by atoms with Crippen LogP contribution in [0.2, 0.25) is 0 Å². The highest BCUT2D eigenvalue weighted by Gasteiger charge is 2.12. The summed E-state index contributed by atoms with van der Waals surface area (Å²) in [6.07, 6.45) is 1.97. The van der Waals surface area contributed by atoms with Crippen LogP contribution in [0.25, 0.3) is 11.3 Å². The average molecular weight is 283 g/mol. The van der Waals surface area contributed by atoms with Gasteiger partial charge in [-0.1, -0.05) is 24.1 Å². The van der Waals surface area contributed by atoms with Gasteiger partial charge in [-0.2, -0.15) is 0 Å². The summed E-state index contributed by atoms with van der Waals surface area (Å²) in [5.41, 5.74) is 5.90. The highest BCUT2D eigenvalue weighted by Crippen LogP contribution is 2.27. The summed E-state index contributed by atoms with van der Waals surface area (Å²) in [7, 11) is 0. The Morgan fingerprint density at radius 3 is 2.19 bits per heavy atom. The Bertz CT molecular complexity index is 612. The number of rotatable bonds is 5. The molecule has 2 rings (SSSR count). The van der Waals surface area contributed by atoms with Crippen LogP contribution in [0.3, 0.4) is 0 Å². The maximum Gasteiger partial charge on any atom is 0.133 e. The Hall–Kier alpha value is -1.90. The molecule has 0 aliphatic carbocycles. The van der Waals surface area contributed by atoms with Crippen molar-refractivity contribution in [2.75, 3.05) is 11.9 Å². The molecule has 0 saturated heterocycles. The van der Waals surface area contributed by atoms with Gasteiger partial charge in [0, 0.05) is 24.1 Å². The topological polar surface area (TPSA) is 37.8 Å². The first-order valence-electron chi connectivity index (χ1n) is 7.75. The first-order chi connectivity index (χ1) is 10.0. The Balaban J connectivity index is 2.59. The molecule has 2 aromatic rings. The molecule has 1 N–H and O–H groups in total. The lowest BCUT2D eigenvalue weighted by Crippen LogP contribution is -2.08. The third kappa shape index (κ3) is 3.60. The molecule has 0 aliphatic rings. The number of anilines is 1. The molecule has 1 heterocycles. The van der Waals surface area contributed by atoms with E-state index in [0.717, 1.165) is 42.3 Å². The zero-order chi connectivity index (χ0) is 15.4. The average Bonchev–Trinajstić information content (AvgIpc) is 2.41. The summed E-state index contributed by atoms with van der Waals surface area (Å²) < 4.78 is 0. The Kier molecular flexibility index (Phi) is 4.94. The van der Waals surface area contributed by atoms with Crippen LogP contribution in [-0.4, -0.2) is 16.5 Å². The van der Waals surface area contributed by atoms with E-state index in [1.54, 1.807) is 0 Å². The van der Waals surface area contributed by atoms with Crippen LogP contribution in [-0.2, 0) is 6.42 Å². The minimum Gasteiger partial charge on any atom is -0.370 e. The van der Waals surface area contributed by atoms with E-state index in [1.807, 2.05) is 0 Å². The van der Waals surface area contributed by atoms with Gasteiger partial charge in [0.2, 0.25) is 0 Å². The molecule has 0 amide bonds. The summed E-state index contributed by atoms with van der Waals surface area (Å²) >= 11 is 0. The van der Waals surface area contributed by atoms with Gasteiger partial charge in [-0.3, -0.25) is 0 Å². The smallest absolute Gasteiger partial charge is 0.133 e. The second kappa shape index (κ2) is 6.70. The molecule has 0 spiro atoms. The molecule has 21 heavy (non-hydrogen) atoms. The van der Waals surface area contributed by atoms with Gasteiger partial charge in [0.05, 0.1) is 5.69 Å². The summed E-state index contributed by atoms with van der Waals surface area (Å²) in [6, 6.07) is 6.60. The molecule has 0 radical (unpaired) electrons. The molecule has 112 valence electrons. The lowest BCUT2D eigenvalue weighted by Gasteiger charge is -2.14. The minimum atomic E-state index is 0.871. The quantitative estimate of drug-likeness (QED) is 0.880. The van der Waals surface area contributed by atoms with E-state index in [9.17, 15) is 0 Å². The van der Waals surface area contributed by atoms with E-state index >= 15 is 0 Å². The van der Waals surface area contributed by atoms with Crippen LogP contribution in [0.1, 0.15) is 42.8 Å². The SMILES string of the molecule is CCCc1nc(NCC)c(C)c(-c2cc(C)cc(C)c2)n1. The largest absolute Gasteiger partial charge is 0.370 e. The minimum absolute atomic E-state index is 0.871. The van der Waals surface area contributed by atoms with E-state index in [2.05, 4.69) is 63.1 Å². The van der Waals surface area contributed by atoms with Crippen LogP contribution >= 0.6 is 0 Å². The summed E-state index contributed by atoms with van der Waals surface area (Å²) in [5.74, 6) is 1.89. The van der Waals surface area contributed by atoms with Gasteiger partial charge in [-0.05, 0) is 46.2 Å². The first-order valence-corrected chi connectivity index (χ1v) is 7.75. The Morgan fingerprint density at radius 1 is 0.952 bits per heavy atom. The molecule has 0 atom stereocenters. The fraction of sp³-hybridized carbons (Fsp3) is 0.444. The fourth-order valence-corrected chi connectivity index (χ4v) is 2.63. The van der Waals surface area contributed by atoms with Gasteiger partial charge in [0.15, 0.2) is 0 Å². The van der Waals surface area contributed by atoms with E-state index in [0.29, 0.717) is 0 Å². The number of hydrogen-bond donors (Lipinski definition) is 1. The number of hydrogen-bond acceptors (Lipinski definition) is 3. The van der Waals surface area contributed by atoms with Crippen molar-refractivity contribution in [3.63, 3.8) is 0 Å². The lowest BCUT2D eigenvalue weighted by atomic mass is 10.0. The van der Waals surface area contributed by atoms with Gasteiger partial charge in [0.1, 0.15) is 11.6 Å². The van der Waals surface area contributed by atoms with E-state index in [4.69, 9.17) is 4.98 Å². The van der Waals surface area contributed by atoms with Crippen molar-refractivity contribution in [1.29, 1.82) is 0 Å². The van der Waals surface area contributed by atoms with Crippen molar-refractivity contribution in [1.82, 2.24) is 9.97 Å². The number of benzene rings is 1. The predicted molar refractivity (Wildman–Crippen MR) is 89.8 cm³/mol. The summed E-state index contributed by atoms with van der Waals surface area (Å²) in [4.78, 5) is 9.47. The van der Waals surface area contributed by atoms with E-state index in [-0.39, 0.29) is 0 Å². The molecule has 0 fully saturated rings. The third-order valence-electron chi connectivity index (χ3n) is 3.51. The van der Waals surface area contributed by atoms with Gasteiger partial charge in [0.25, 0.3) is 0 Å². The Labute approximate surface area is 127 Å².